The Morgan fingerprint density at radius 1 is 1.53 bits per heavy atom. The molecule has 6 heteroatoms. The molecule has 2 aromatic rings. The number of rotatable bonds is 3. The van der Waals surface area contributed by atoms with E-state index in [1.807, 2.05) is 0 Å². The number of hydrogen-bond acceptors (Lipinski definition) is 5. The first-order valence-electron chi connectivity index (χ1n) is 5.06. The summed E-state index contributed by atoms with van der Waals surface area (Å²) in [5.41, 5.74) is 5.94. The second-order valence-corrected chi connectivity index (χ2v) is 3.52. The largest absolute Gasteiger partial charge is 0.444 e. The second-order valence-electron chi connectivity index (χ2n) is 3.52. The van der Waals surface area contributed by atoms with E-state index in [0.29, 0.717) is 23.0 Å². The molecule has 0 aliphatic heterocycles. The van der Waals surface area contributed by atoms with Gasteiger partial charge in [-0.25, -0.2) is 9.97 Å². The highest BCUT2D eigenvalue weighted by molar-refractivity contribution is 5.94. The number of carbonyl (C=O) groups excluding carboxylic acids is 1. The van der Waals surface area contributed by atoms with Crippen LogP contribution in [0.5, 0.6) is 0 Å². The molecule has 17 heavy (non-hydrogen) atoms. The first-order chi connectivity index (χ1) is 8.15. The molecule has 2 rings (SSSR count). The van der Waals surface area contributed by atoms with Crippen LogP contribution in [-0.2, 0) is 6.54 Å². The van der Waals surface area contributed by atoms with Crippen LogP contribution in [0.15, 0.2) is 28.9 Å². The number of nitrogens with two attached hydrogens (primary N) is 1. The number of pyridine rings is 1. The lowest BCUT2D eigenvalue weighted by atomic mass is 10.2. The lowest BCUT2D eigenvalue weighted by molar-refractivity contribution is 0.0947. The van der Waals surface area contributed by atoms with Gasteiger partial charge in [0.15, 0.2) is 0 Å². The van der Waals surface area contributed by atoms with Crippen molar-refractivity contribution in [3.8, 4) is 0 Å². The molecule has 1 amide bonds. The van der Waals surface area contributed by atoms with Crippen molar-refractivity contribution in [2.75, 3.05) is 5.73 Å². The summed E-state index contributed by atoms with van der Waals surface area (Å²) < 4.78 is 5.23. The maximum atomic E-state index is 11.7. The Hall–Kier alpha value is -2.37. The third-order valence-corrected chi connectivity index (χ3v) is 2.11. The third kappa shape index (κ3) is 2.81. The van der Waals surface area contributed by atoms with Gasteiger partial charge in [0.1, 0.15) is 11.6 Å². The molecular weight excluding hydrogens is 220 g/mol. The number of nitrogens with one attached hydrogen (secondary N) is 1. The molecule has 0 atom stereocenters. The molecule has 0 radical (unpaired) electrons. The van der Waals surface area contributed by atoms with Crippen LogP contribution in [0, 0.1) is 6.92 Å². The van der Waals surface area contributed by atoms with Crippen molar-refractivity contribution in [3.05, 3.63) is 41.7 Å². The van der Waals surface area contributed by atoms with Gasteiger partial charge in [0.2, 0.25) is 5.89 Å². The SMILES string of the molecule is Cc1cnc(CNC(=O)c2ccnc(N)c2)o1. The number of anilines is 1. The molecule has 2 aromatic heterocycles. The average Bonchev–Trinajstić information content (AvgIpc) is 2.72. The minimum Gasteiger partial charge on any atom is -0.444 e. The van der Waals surface area contributed by atoms with Crippen LogP contribution < -0.4 is 11.1 Å². The van der Waals surface area contributed by atoms with Crippen molar-refractivity contribution in [1.29, 1.82) is 0 Å². The number of aromatic nitrogens is 2. The first kappa shape index (κ1) is 11.1. The summed E-state index contributed by atoms with van der Waals surface area (Å²) in [5, 5.41) is 2.68. The molecule has 3 N–H and O–H groups in total. The second kappa shape index (κ2) is 4.65. The van der Waals surface area contributed by atoms with Gasteiger partial charge in [-0.15, -0.1) is 0 Å². The van der Waals surface area contributed by atoms with E-state index in [9.17, 15) is 4.79 Å². The van der Waals surface area contributed by atoms with Crippen LogP contribution in [0.3, 0.4) is 0 Å². The molecule has 0 unspecified atom stereocenters. The van der Waals surface area contributed by atoms with Gasteiger partial charge in [0, 0.05) is 11.8 Å². The Bertz CT molecular complexity index is 536. The van der Waals surface area contributed by atoms with Crippen molar-refractivity contribution >= 4 is 11.7 Å². The van der Waals surface area contributed by atoms with Crippen molar-refractivity contribution in [2.45, 2.75) is 13.5 Å². The first-order valence-corrected chi connectivity index (χ1v) is 5.06. The quantitative estimate of drug-likeness (QED) is 0.819. The normalized spacial score (nSPS) is 10.2. The highest BCUT2D eigenvalue weighted by Gasteiger charge is 2.07. The zero-order valence-corrected chi connectivity index (χ0v) is 9.30. The molecule has 0 aliphatic carbocycles. The van der Waals surface area contributed by atoms with Crippen LogP contribution in [-0.4, -0.2) is 15.9 Å². The summed E-state index contributed by atoms with van der Waals surface area (Å²) in [6.07, 6.45) is 3.09. The number of carbonyl (C=O) groups is 1. The maximum absolute atomic E-state index is 11.7. The fourth-order valence-electron chi connectivity index (χ4n) is 1.33. The Balaban J connectivity index is 1.98. The summed E-state index contributed by atoms with van der Waals surface area (Å²) in [7, 11) is 0. The predicted molar refractivity (Wildman–Crippen MR) is 61.1 cm³/mol. The number of aryl methyl sites for hydroxylation is 1. The fraction of sp³-hybridized carbons (Fsp3) is 0.182. The Morgan fingerprint density at radius 3 is 3.00 bits per heavy atom. The standard InChI is InChI=1S/C11H12N4O2/c1-7-5-14-10(17-7)6-15-11(16)8-2-3-13-9(12)4-8/h2-5H,6H2,1H3,(H2,12,13)(H,15,16). The van der Waals surface area contributed by atoms with E-state index in [2.05, 4.69) is 15.3 Å². The molecule has 0 aliphatic rings. The van der Waals surface area contributed by atoms with Gasteiger partial charge in [0.05, 0.1) is 12.7 Å². The van der Waals surface area contributed by atoms with Gasteiger partial charge in [-0.3, -0.25) is 4.79 Å². The molecular formula is C11H12N4O2. The molecule has 0 spiro atoms. The molecule has 6 nitrogen and oxygen atoms in total. The van der Waals surface area contributed by atoms with Crippen LogP contribution >= 0.6 is 0 Å². The van der Waals surface area contributed by atoms with Crippen molar-refractivity contribution in [3.63, 3.8) is 0 Å². The zero-order chi connectivity index (χ0) is 12.3. The van der Waals surface area contributed by atoms with Gasteiger partial charge < -0.3 is 15.5 Å². The van der Waals surface area contributed by atoms with Crippen molar-refractivity contribution in [2.24, 2.45) is 0 Å². The highest BCUT2D eigenvalue weighted by Crippen LogP contribution is 2.04. The molecule has 0 fully saturated rings. The average molecular weight is 232 g/mol. The topological polar surface area (TPSA) is 94.0 Å². The summed E-state index contributed by atoms with van der Waals surface area (Å²) >= 11 is 0. The molecule has 88 valence electrons. The minimum absolute atomic E-state index is 0.241. The summed E-state index contributed by atoms with van der Waals surface area (Å²) in [4.78, 5) is 19.5. The van der Waals surface area contributed by atoms with Crippen molar-refractivity contribution in [1.82, 2.24) is 15.3 Å². The van der Waals surface area contributed by atoms with Gasteiger partial charge in [0.25, 0.3) is 5.91 Å². The third-order valence-electron chi connectivity index (χ3n) is 2.11. The van der Waals surface area contributed by atoms with Crippen LogP contribution in [0.4, 0.5) is 5.82 Å². The van der Waals surface area contributed by atoms with E-state index in [0.717, 1.165) is 0 Å². The van der Waals surface area contributed by atoms with E-state index in [-0.39, 0.29) is 12.5 Å². The van der Waals surface area contributed by atoms with Crippen LogP contribution in [0.2, 0.25) is 0 Å². The van der Waals surface area contributed by atoms with Gasteiger partial charge in [-0.1, -0.05) is 0 Å². The summed E-state index contributed by atoms with van der Waals surface area (Å²) in [6, 6.07) is 3.10. The van der Waals surface area contributed by atoms with E-state index in [4.69, 9.17) is 10.2 Å². The van der Waals surface area contributed by atoms with Crippen molar-refractivity contribution < 1.29 is 9.21 Å². The smallest absolute Gasteiger partial charge is 0.251 e. The van der Waals surface area contributed by atoms with Crippen LogP contribution in [0.25, 0.3) is 0 Å². The predicted octanol–water partition coefficient (Wildman–Crippen LogP) is 0.890. The highest BCUT2D eigenvalue weighted by atomic mass is 16.4. The van der Waals surface area contributed by atoms with E-state index >= 15 is 0 Å². The number of amides is 1. The Morgan fingerprint density at radius 2 is 2.35 bits per heavy atom. The van der Waals surface area contributed by atoms with E-state index in [1.165, 1.54) is 12.3 Å². The molecule has 0 aromatic carbocycles. The number of oxazole rings is 1. The molecule has 0 saturated heterocycles. The minimum atomic E-state index is -0.241. The maximum Gasteiger partial charge on any atom is 0.251 e. The summed E-state index contributed by atoms with van der Waals surface area (Å²) in [5.74, 6) is 1.25. The van der Waals surface area contributed by atoms with Crippen LogP contribution in [0.1, 0.15) is 22.0 Å². The Kier molecular flexibility index (Phi) is 3.04. The fourth-order valence-corrected chi connectivity index (χ4v) is 1.33. The number of nitrogen functional groups attached to an aromatic ring is 1. The number of hydrogen-bond donors (Lipinski definition) is 2. The number of nitrogens with zero attached hydrogens (tertiary/aromatic N) is 2. The lowest BCUT2D eigenvalue weighted by Crippen LogP contribution is -2.23. The zero-order valence-electron chi connectivity index (χ0n) is 9.30. The van der Waals surface area contributed by atoms with E-state index in [1.54, 1.807) is 19.2 Å². The monoisotopic (exact) mass is 232 g/mol. The van der Waals surface area contributed by atoms with E-state index < -0.39 is 0 Å². The van der Waals surface area contributed by atoms with Gasteiger partial charge in [-0.05, 0) is 19.1 Å². The Labute approximate surface area is 97.9 Å². The molecule has 0 saturated carbocycles. The van der Waals surface area contributed by atoms with Gasteiger partial charge in [-0.2, -0.15) is 0 Å². The molecule has 0 bridgehead atoms. The van der Waals surface area contributed by atoms with Gasteiger partial charge >= 0.3 is 0 Å². The molecule has 2 heterocycles. The lowest BCUT2D eigenvalue weighted by Gasteiger charge is -2.02. The summed E-state index contributed by atoms with van der Waals surface area (Å²) in [6.45, 7) is 2.04.